The van der Waals surface area contributed by atoms with Gasteiger partial charge in [-0.25, -0.2) is 5.26 Å². The van der Waals surface area contributed by atoms with Gasteiger partial charge in [-0.1, -0.05) is 0 Å². The Labute approximate surface area is 68.8 Å². The molecule has 0 aromatic rings. The molecule has 0 fully saturated rings. The first-order chi connectivity index (χ1) is 2.27. The van der Waals surface area contributed by atoms with Crippen molar-refractivity contribution in [2.75, 3.05) is 0 Å². The summed E-state index contributed by atoms with van der Waals surface area (Å²) in [4.78, 5) is 0. The Morgan fingerprint density at radius 3 is 1.67 bits per heavy atom. The minimum atomic E-state index is -0.866. The van der Waals surface area contributed by atoms with Gasteiger partial charge in [-0.15, -0.1) is 0 Å². The molecular weight excluding hydrogens is 131 g/mol. The van der Waals surface area contributed by atoms with Crippen molar-refractivity contribution in [2.24, 2.45) is 0 Å². The maximum absolute atomic E-state index is 7.63. The smallest absolute Gasteiger partial charge is 0.209 e. The maximum atomic E-state index is 7.63. The fourth-order valence-corrected chi connectivity index (χ4v) is 0. The molecular formula is CBCl2NNa. The largest absolute Gasteiger partial charge is 0.465 e. The summed E-state index contributed by atoms with van der Waals surface area (Å²) in [5.74, 6) is 1.56. The van der Waals surface area contributed by atoms with E-state index >= 15 is 0 Å². The summed E-state index contributed by atoms with van der Waals surface area (Å²) in [6.07, 6.45) is 0. The summed E-state index contributed by atoms with van der Waals surface area (Å²) >= 11 is 9.73. The van der Waals surface area contributed by atoms with Crippen molar-refractivity contribution < 1.29 is 0 Å². The predicted octanol–water partition coefficient (Wildman–Crippen LogP) is 0.634. The number of nitriles is 1. The van der Waals surface area contributed by atoms with Crippen molar-refractivity contribution in [1.82, 2.24) is 0 Å². The molecule has 0 bridgehead atoms. The zero-order valence-electron chi connectivity index (χ0n) is 3.28. The molecule has 5 heteroatoms. The van der Waals surface area contributed by atoms with Crippen LogP contribution < -0.4 is 0 Å². The third kappa shape index (κ3) is 8.93. The van der Waals surface area contributed by atoms with Crippen LogP contribution in [0.15, 0.2) is 0 Å². The van der Waals surface area contributed by atoms with Gasteiger partial charge in [0.15, 0.2) is 0 Å². The van der Waals surface area contributed by atoms with Crippen LogP contribution in [-0.4, -0.2) is 35.1 Å². The molecule has 0 spiro atoms. The van der Waals surface area contributed by atoms with Gasteiger partial charge in [0.2, 0.25) is 0 Å². The van der Waals surface area contributed by atoms with Crippen LogP contribution in [0, 0.1) is 11.2 Å². The van der Waals surface area contributed by atoms with E-state index < -0.39 is 5.54 Å². The molecule has 6 heavy (non-hydrogen) atoms. The molecule has 0 amide bonds. The van der Waals surface area contributed by atoms with Crippen LogP contribution in [0.2, 0.25) is 0 Å². The topological polar surface area (TPSA) is 23.8 Å². The molecule has 0 aliphatic carbocycles. The van der Waals surface area contributed by atoms with Gasteiger partial charge in [0.25, 0.3) is 0 Å². The second-order valence-electron chi connectivity index (χ2n) is 0.430. The minimum Gasteiger partial charge on any atom is -0.209 e. The zero-order valence-corrected chi connectivity index (χ0v) is 6.79. The summed E-state index contributed by atoms with van der Waals surface area (Å²) in [5.41, 5.74) is -0.866. The summed E-state index contributed by atoms with van der Waals surface area (Å²) in [5, 5.41) is 7.63. The first-order valence-electron chi connectivity index (χ1n) is 0.949. The normalized spacial score (nSPS) is 4.83. The Morgan fingerprint density at radius 2 is 1.67 bits per heavy atom. The summed E-state index contributed by atoms with van der Waals surface area (Å²) < 4.78 is 0. The molecule has 0 saturated carbocycles. The molecule has 0 aromatic heterocycles. The van der Waals surface area contributed by atoms with Crippen molar-refractivity contribution in [2.45, 2.75) is 0 Å². The molecule has 1 nitrogen and oxygen atoms in total. The molecule has 1 radical (unpaired) electrons. The first kappa shape index (κ1) is 10.2. The molecule has 0 heterocycles. The first-order valence-corrected chi connectivity index (χ1v) is 1.82. The van der Waals surface area contributed by atoms with Gasteiger partial charge in [0.1, 0.15) is 0 Å². The van der Waals surface area contributed by atoms with E-state index in [1.165, 1.54) is 0 Å². The fourth-order valence-electron chi connectivity index (χ4n) is 0. The van der Waals surface area contributed by atoms with Gasteiger partial charge >= 0.3 is 5.54 Å². The van der Waals surface area contributed by atoms with E-state index in [-0.39, 0.29) is 29.6 Å². The number of rotatable bonds is 0. The average Bonchev–Trinajstić information content (AvgIpc) is 1.38. The molecule has 0 N–H and O–H groups in total. The van der Waals surface area contributed by atoms with Gasteiger partial charge in [-0.2, -0.15) is 22.9 Å². The van der Waals surface area contributed by atoms with Crippen molar-refractivity contribution >= 4 is 58.0 Å². The van der Waals surface area contributed by atoms with E-state index in [1.807, 2.05) is 0 Å². The molecule has 0 aromatic carbocycles. The number of hydrogen-bond acceptors (Lipinski definition) is 1. The van der Waals surface area contributed by atoms with Crippen LogP contribution in [0.5, 0.6) is 0 Å². The van der Waals surface area contributed by atoms with Crippen molar-refractivity contribution in [3.05, 3.63) is 0 Å². The van der Waals surface area contributed by atoms with E-state index in [4.69, 9.17) is 28.2 Å². The Morgan fingerprint density at radius 1 is 1.50 bits per heavy atom. The second-order valence-corrected chi connectivity index (χ2v) is 1.53. The number of hydrogen-bond donors (Lipinski definition) is 0. The summed E-state index contributed by atoms with van der Waals surface area (Å²) in [6, 6.07) is 0. The van der Waals surface area contributed by atoms with E-state index in [0.717, 1.165) is 0 Å². The Kier molecular flexibility index (Phi) is 10.4. The molecule has 0 unspecified atom stereocenters. The number of nitrogens with zero attached hydrogens (tertiary/aromatic N) is 1. The standard InChI is InChI=1S/CBCl2N.Na/c3-2(4)1-5;. The van der Waals surface area contributed by atoms with Crippen LogP contribution in [0.3, 0.4) is 0 Å². The molecule has 27 valence electrons. The zero-order chi connectivity index (χ0) is 4.28. The van der Waals surface area contributed by atoms with E-state index in [2.05, 4.69) is 0 Å². The predicted molar refractivity (Wildman–Crippen MR) is 28.8 cm³/mol. The molecule has 0 aliphatic heterocycles. The quantitative estimate of drug-likeness (QED) is 0.442. The third-order valence-electron chi connectivity index (χ3n) is 0.0976. The SMILES string of the molecule is N#CB(Cl)Cl.[Na]. The van der Waals surface area contributed by atoms with Gasteiger partial charge in [-0.3, -0.25) is 0 Å². The van der Waals surface area contributed by atoms with Crippen LogP contribution in [-0.2, 0) is 0 Å². The maximum Gasteiger partial charge on any atom is 0.465 e. The Balaban J connectivity index is 0. The average molecular weight is 131 g/mol. The molecule has 0 aliphatic rings. The number of halogens is 2. The van der Waals surface area contributed by atoms with E-state index in [0.29, 0.717) is 0 Å². The third-order valence-corrected chi connectivity index (χ3v) is 0.293. The summed E-state index contributed by atoms with van der Waals surface area (Å²) in [6.45, 7) is 0. The van der Waals surface area contributed by atoms with E-state index in [9.17, 15) is 0 Å². The van der Waals surface area contributed by atoms with Crippen LogP contribution in [0.4, 0.5) is 0 Å². The Hall–Kier alpha value is 1.13. The van der Waals surface area contributed by atoms with Crippen LogP contribution in [0.25, 0.3) is 0 Å². The molecule has 0 rings (SSSR count). The minimum absolute atomic E-state index is 0. The van der Waals surface area contributed by atoms with Crippen molar-refractivity contribution in [3.63, 3.8) is 0 Å². The van der Waals surface area contributed by atoms with Gasteiger partial charge in [0, 0.05) is 35.5 Å². The van der Waals surface area contributed by atoms with Crippen molar-refractivity contribution in [3.8, 4) is 5.97 Å². The van der Waals surface area contributed by atoms with E-state index in [1.54, 1.807) is 5.97 Å². The Bertz CT molecular complexity index is 59.1. The summed E-state index contributed by atoms with van der Waals surface area (Å²) in [7, 11) is 0. The monoisotopic (exact) mass is 130 g/mol. The second kappa shape index (κ2) is 6.13. The van der Waals surface area contributed by atoms with Gasteiger partial charge in [0.05, 0.1) is 0 Å². The van der Waals surface area contributed by atoms with Gasteiger partial charge < -0.3 is 0 Å². The van der Waals surface area contributed by atoms with Crippen molar-refractivity contribution in [1.29, 1.82) is 5.26 Å². The molecule has 0 saturated heterocycles. The molecule has 0 atom stereocenters. The van der Waals surface area contributed by atoms with Gasteiger partial charge in [-0.05, 0) is 0 Å². The van der Waals surface area contributed by atoms with Crippen LogP contribution in [0.1, 0.15) is 0 Å². The fraction of sp³-hybridized carbons (Fsp3) is 0. The van der Waals surface area contributed by atoms with Crippen LogP contribution >= 0.6 is 22.9 Å².